The van der Waals surface area contributed by atoms with Crippen LogP contribution in [0.2, 0.25) is 0 Å². The molecular formula is C21H20N4O2. The van der Waals surface area contributed by atoms with Gasteiger partial charge in [0, 0.05) is 49.5 Å². The average molecular weight is 360 g/mol. The second-order valence-corrected chi connectivity index (χ2v) is 6.33. The minimum absolute atomic E-state index is 0.00330. The van der Waals surface area contributed by atoms with Crippen molar-refractivity contribution in [3.05, 3.63) is 46.6 Å². The molecule has 2 aromatic rings. The monoisotopic (exact) mass is 360 g/mol. The maximum atomic E-state index is 11.8. The van der Waals surface area contributed by atoms with Crippen molar-refractivity contribution in [3.8, 4) is 29.0 Å². The summed E-state index contributed by atoms with van der Waals surface area (Å²) in [5.74, 6) is 6.08. The Morgan fingerprint density at radius 3 is 2.74 bits per heavy atom. The number of amides is 1. The van der Waals surface area contributed by atoms with E-state index in [2.05, 4.69) is 22.9 Å². The van der Waals surface area contributed by atoms with Gasteiger partial charge in [-0.3, -0.25) is 4.79 Å². The van der Waals surface area contributed by atoms with E-state index in [1.54, 1.807) is 11.8 Å². The molecule has 0 saturated heterocycles. The van der Waals surface area contributed by atoms with Crippen LogP contribution in [0.25, 0.3) is 11.1 Å². The highest BCUT2D eigenvalue weighted by molar-refractivity contribution is 5.81. The van der Waals surface area contributed by atoms with Gasteiger partial charge in [0.2, 0.25) is 5.91 Å². The number of carbonyl (C=O) groups excluding carboxylic acids is 1. The second kappa shape index (κ2) is 7.90. The Bertz CT molecular complexity index is 978. The first-order chi connectivity index (χ1) is 13.0. The molecule has 0 bridgehead atoms. The number of aromatic nitrogens is 1. The lowest BCUT2D eigenvalue weighted by molar-refractivity contribution is -0.129. The van der Waals surface area contributed by atoms with Gasteiger partial charge < -0.3 is 15.7 Å². The van der Waals surface area contributed by atoms with Crippen LogP contribution >= 0.6 is 0 Å². The van der Waals surface area contributed by atoms with Gasteiger partial charge in [0.25, 0.3) is 0 Å². The predicted molar refractivity (Wildman–Crippen MR) is 102 cm³/mol. The number of fused-ring (bicyclic) bond motifs is 1. The Kier molecular flexibility index (Phi) is 5.40. The number of hydrogen-bond donors (Lipinski definition) is 2. The number of nitrogen functional groups attached to an aromatic ring is 1. The molecular weight excluding hydrogens is 340 g/mol. The van der Waals surface area contributed by atoms with Crippen molar-refractivity contribution in [2.45, 2.75) is 26.3 Å². The van der Waals surface area contributed by atoms with E-state index in [0.29, 0.717) is 31.5 Å². The predicted octanol–water partition coefficient (Wildman–Crippen LogP) is 1.84. The summed E-state index contributed by atoms with van der Waals surface area (Å²) >= 11 is 0. The first-order valence-corrected chi connectivity index (χ1v) is 8.72. The highest BCUT2D eigenvalue weighted by atomic mass is 16.2. The first-order valence-electron chi connectivity index (χ1n) is 8.72. The van der Waals surface area contributed by atoms with Crippen LogP contribution in [-0.4, -0.2) is 34.0 Å². The Balaban J connectivity index is 2.09. The number of benzene rings is 1. The number of aliphatic hydroxyl groups excluding tert-OH is 1. The van der Waals surface area contributed by atoms with Crippen molar-refractivity contribution in [1.29, 1.82) is 5.26 Å². The van der Waals surface area contributed by atoms with Crippen molar-refractivity contribution in [2.24, 2.45) is 0 Å². The van der Waals surface area contributed by atoms with Crippen LogP contribution in [0.1, 0.15) is 35.7 Å². The fourth-order valence-electron chi connectivity index (χ4n) is 3.22. The second-order valence-electron chi connectivity index (χ2n) is 6.33. The number of nitrogens with two attached hydrogens (primary N) is 1. The normalized spacial score (nSPS) is 12.6. The maximum absolute atomic E-state index is 11.8. The molecule has 3 N–H and O–H groups in total. The van der Waals surface area contributed by atoms with Crippen LogP contribution in [0, 0.1) is 23.2 Å². The smallest absolute Gasteiger partial charge is 0.219 e. The fourth-order valence-corrected chi connectivity index (χ4v) is 3.22. The number of pyridine rings is 1. The number of aliphatic hydroxyl groups is 1. The average Bonchev–Trinajstić information content (AvgIpc) is 2.67. The number of rotatable bonds is 2. The first kappa shape index (κ1) is 18.4. The van der Waals surface area contributed by atoms with Crippen LogP contribution in [0.4, 0.5) is 5.82 Å². The molecule has 1 aliphatic heterocycles. The number of anilines is 1. The van der Waals surface area contributed by atoms with Gasteiger partial charge in [-0.25, -0.2) is 4.98 Å². The summed E-state index contributed by atoms with van der Waals surface area (Å²) in [6.45, 7) is 2.59. The van der Waals surface area contributed by atoms with E-state index in [0.717, 1.165) is 27.9 Å². The van der Waals surface area contributed by atoms with Crippen molar-refractivity contribution in [1.82, 2.24) is 9.88 Å². The molecule has 0 spiro atoms. The molecule has 6 nitrogen and oxygen atoms in total. The molecule has 1 aromatic carbocycles. The van der Waals surface area contributed by atoms with E-state index in [1.807, 2.05) is 24.3 Å². The topological polar surface area (TPSA) is 103 Å². The van der Waals surface area contributed by atoms with Gasteiger partial charge in [0.05, 0.1) is 12.3 Å². The third-order valence-electron chi connectivity index (χ3n) is 4.58. The van der Waals surface area contributed by atoms with Crippen molar-refractivity contribution >= 4 is 11.7 Å². The minimum Gasteiger partial charge on any atom is -0.395 e. The number of carbonyl (C=O) groups is 1. The van der Waals surface area contributed by atoms with Crippen LogP contribution < -0.4 is 5.73 Å². The highest BCUT2D eigenvalue weighted by Crippen LogP contribution is 2.35. The zero-order valence-corrected chi connectivity index (χ0v) is 15.1. The molecule has 6 heteroatoms. The molecule has 0 aliphatic carbocycles. The Morgan fingerprint density at radius 1 is 1.37 bits per heavy atom. The molecule has 27 heavy (non-hydrogen) atoms. The summed E-state index contributed by atoms with van der Waals surface area (Å²) in [7, 11) is 0. The number of nitriles is 1. The van der Waals surface area contributed by atoms with E-state index in [-0.39, 0.29) is 18.3 Å². The molecule has 0 radical (unpaired) electrons. The highest BCUT2D eigenvalue weighted by Gasteiger charge is 2.26. The van der Waals surface area contributed by atoms with Crippen LogP contribution in [-0.2, 0) is 17.8 Å². The maximum Gasteiger partial charge on any atom is 0.219 e. The Labute approximate surface area is 158 Å². The fraction of sp³-hybridized carbons (Fsp3) is 0.286. The van der Waals surface area contributed by atoms with Crippen molar-refractivity contribution < 1.29 is 9.90 Å². The van der Waals surface area contributed by atoms with Crippen molar-refractivity contribution in [3.63, 3.8) is 0 Å². The lowest BCUT2D eigenvalue weighted by Gasteiger charge is -2.29. The van der Waals surface area contributed by atoms with E-state index in [4.69, 9.17) is 10.8 Å². The van der Waals surface area contributed by atoms with Gasteiger partial charge in [-0.15, -0.1) is 0 Å². The summed E-state index contributed by atoms with van der Waals surface area (Å²) in [4.78, 5) is 18.0. The third kappa shape index (κ3) is 3.76. The molecule has 2 heterocycles. The third-order valence-corrected chi connectivity index (χ3v) is 4.58. The molecule has 136 valence electrons. The number of nitrogens with zero attached hydrogens (tertiary/aromatic N) is 3. The van der Waals surface area contributed by atoms with Gasteiger partial charge in [-0.2, -0.15) is 5.26 Å². The SMILES string of the molecule is CC(=O)N1CCc2nc(N)c(C#N)c(-c3ccc(C#CCCO)cc3)c2C1. The van der Waals surface area contributed by atoms with Gasteiger partial charge >= 0.3 is 0 Å². The largest absolute Gasteiger partial charge is 0.395 e. The molecule has 1 aromatic heterocycles. The standard InChI is InChI=1S/C21H20N4O2/c1-14(27)25-10-9-19-18(13-25)20(17(12-22)21(23)24-19)16-7-5-15(6-8-16)4-2-3-11-26/h5-8,26H,3,9-11,13H2,1H3,(H2,23,24). The molecule has 0 saturated carbocycles. The van der Waals surface area contributed by atoms with Gasteiger partial charge in [-0.1, -0.05) is 24.0 Å². The van der Waals surface area contributed by atoms with E-state index in [1.165, 1.54) is 0 Å². The summed E-state index contributed by atoms with van der Waals surface area (Å²) in [5, 5.41) is 18.5. The van der Waals surface area contributed by atoms with Crippen LogP contribution in [0.15, 0.2) is 24.3 Å². The molecule has 3 rings (SSSR count). The van der Waals surface area contributed by atoms with E-state index >= 15 is 0 Å². The molecule has 0 fully saturated rings. The summed E-state index contributed by atoms with van der Waals surface area (Å²) < 4.78 is 0. The Morgan fingerprint density at radius 2 is 2.11 bits per heavy atom. The van der Waals surface area contributed by atoms with Gasteiger partial charge in [0.15, 0.2) is 0 Å². The zero-order valence-electron chi connectivity index (χ0n) is 15.1. The summed E-state index contributed by atoms with van der Waals surface area (Å²) in [5.41, 5.74) is 10.5. The lowest BCUT2D eigenvalue weighted by Crippen LogP contribution is -2.35. The van der Waals surface area contributed by atoms with Gasteiger partial charge in [0.1, 0.15) is 17.5 Å². The van der Waals surface area contributed by atoms with E-state index in [9.17, 15) is 10.1 Å². The molecule has 0 unspecified atom stereocenters. The molecule has 1 amide bonds. The van der Waals surface area contributed by atoms with Crippen LogP contribution in [0.3, 0.4) is 0 Å². The van der Waals surface area contributed by atoms with Gasteiger partial charge in [-0.05, 0) is 17.7 Å². The summed E-state index contributed by atoms with van der Waals surface area (Å²) in [6, 6.07) is 9.70. The molecule has 0 atom stereocenters. The zero-order chi connectivity index (χ0) is 19.4. The molecule has 1 aliphatic rings. The van der Waals surface area contributed by atoms with Crippen LogP contribution in [0.5, 0.6) is 0 Å². The number of hydrogen-bond acceptors (Lipinski definition) is 5. The lowest BCUT2D eigenvalue weighted by atomic mass is 9.90. The van der Waals surface area contributed by atoms with E-state index < -0.39 is 0 Å². The van der Waals surface area contributed by atoms with Crippen molar-refractivity contribution in [2.75, 3.05) is 18.9 Å². The quantitative estimate of drug-likeness (QED) is 0.796. The summed E-state index contributed by atoms with van der Waals surface area (Å²) in [6.07, 6.45) is 1.04. The Hall–Kier alpha value is -3.35. The minimum atomic E-state index is -0.00330.